The fraction of sp³-hybridized carbons (Fsp3) is 0.600. The highest BCUT2D eigenvalue weighted by Crippen LogP contribution is 2.31. The van der Waals surface area contributed by atoms with Gasteiger partial charge in [-0.05, 0) is 39.4 Å². The number of piperazine rings is 1. The third kappa shape index (κ3) is 2.74. The molecule has 4 heteroatoms. The van der Waals surface area contributed by atoms with Crippen molar-refractivity contribution in [2.24, 2.45) is 5.73 Å². The quantitative estimate of drug-likeness (QED) is 0.891. The Balaban J connectivity index is 2.36. The summed E-state index contributed by atoms with van der Waals surface area (Å²) in [6.45, 7) is 7.92. The monoisotopic (exact) mass is 265 g/mol. The van der Waals surface area contributed by atoms with E-state index in [2.05, 4.69) is 30.7 Å². The zero-order chi connectivity index (χ0) is 14.2. The first-order valence-electron chi connectivity index (χ1n) is 6.92. The summed E-state index contributed by atoms with van der Waals surface area (Å²) in [4.78, 5) is 4.48. The Labute approximate surface area is 115 Å². The first-order chi connectivity index (χ1) is 8.91. The predicted molar refractivity (Wildman–Crippen MR) is 77.9 cm³/mol. The van der Waals surface area contributed by atoms with E-state index in [1.165, 1.54) is 6.07 Å². The molecule has 0 radical (unpaired) electrons. The maximum Gasteiger partial charge on any atom is 0.146 e. The molecule has 1 heterocycles. The highest BCUT2D eigenvalue weighted by Gasteiger charge is 2.29. The van der Waals surface area contributed by atoms with Crippen LogP contribution >= 0.6 is 0 Å². The molecule has 1 aromatic rings. The van der Waals surface area contributed by atoms with Crippen molar-refractivity contribution in [3.05, 3.63) is 29.6 Å². The highest BCUT2D eigenvalue weighted by atomic mass is 19.1. The minimum Gasteiger partial charge on any atom is -0.366 e. The van der Waals surface area contributed by atoms with Gasteiger partial charge in [0.15, 0.2) is 0 Å². The van der Waals surface area contributed by atoms with Crippen LogP contribution in [0.4, 0.5) is 10.1 Å². The summed E-state index contributed by atoms with van der Waals surface area (Å²) in [6.07, 6.45) is 0. The molecule has 1 aliphatic rings. The molecule has 0 aromatic heterocycles. The maximum absolute atomic E-state index is 14.2. The van der Waals surface area contributed by atoms with Gasteiger partial charge in [0.2, 0.25) is 0 Å². The van der Waals surface area contributed by atoms with Crippen molar-refractivity contribution in [1.29, 1.82) is 0 Å². The summed E-state index contributed by atoms with van der Waals surface area (Å²) in [5, 5.41) is 0. The number of nitrogens with zero attached hydrogens (tertiary/aromatic N) is 2. The summed E-state index contributed by atoms with van der Waals surface area (Å²) in [6, 6.07) is 5.84. The first kappa shape index (κ1) is 14.3. The van der Waals surface area contributed by atoms with E-state index in [9.17, 15) is 4.39 Å². The van der Waals surface area contributed by atoms with E-state index in [1.807, 2.05) is 13.0 Å². The van der Waals surface area contributed by atoms with E-state index in [0.29, 0.717) is 17.8 Å². The van der Waals surface area contributed by atoms with Gasteiger partial charge in [0.25, 0.3) is 0 Å². The van der Waals surface area contributed by atoms with Crippen LogP contribution in [0.3, 0.4) is 0 Å². The summed E-state index contributed by atoms with van der Waals surface area (Å²) >= 11 is 0. The number of hydrogen-bond donors (Lipinski definition) is 1. The maximum atomic E-state index is 14.2. The van der Waals surface area contributed by atoms with Gasteiger partial charge in [-0.15, -0.1) is 0 Å². The standard InChI is InChI=1S/C15H24FN3/c1-10-8-19(9-11(2)18(10)4)15-13(12(3)17)6-5-7-14(15)16/h5-7,10-12H,8-9,17H2,1-4H3/t10?,11?,12-/m1/s1. The van der Waals surface area contributed by atoms with Crippen molar-refractivity contribution in [3.63, 3.8) is 0 Å². The van der Waals surface area contributed by atoms with Crippen LogP contribution in [-0.4, -0.2) is 37.1 Å². The van der Waals surface area contributed by atoms with Gasteiger partial charge >= 0.3 is 0 Å². The highest BCUT2D eigenvalue weighted by molar-refractivity contribution is 5.56. The van der Waals surface area contributed by atoms with Crippen molar-refractivity contribution in [2.45, 2.75) is 38.9 Å². The molecule has 106 valence electrons. The van der Waals surface area contributed by atoms with Gasteiger partial charge in [-0.25, -0.2) is 4.39 Å². The fourth-order valence-electron chi connectivity index (χ4n) is 2.82. The van der Waals surface area contributed by atoms with E-state index in [4.69, 9.17) is 5.73 Å². The largest absolute Gasteiger partial charge is 0.366 e. The van der Waals surface area contributed by atoms with Crippen molar-refractivity contribution in [1.82, 2.24) is 4.90 Å². The summed E-state index contributed by atoms with van der Waals surface area (Å²) < 4.78 is 14.2. The molecule has 0 aliphatic carbocycles. The smallest absolute Gasteiger partial charge is 0.146 e. The normalized spacial score (nSPS) is 26.5. The number of anilines is 1. The molecule has 2 unspecified atom stereocenters. The lowest BCUT2D eigenvalue weighted by Crippen LogP contribution is -2.55. The Morgan fingerprint density at radius 2 is 1.84 bits per heavy atom. The number of halogens is 1. The molecule has 2 N–H and O–H groups in total. The van der Waals surface area contributed by atoms with Crippen LogP contribution < -0.4 is 10.6 Å². The van der Waals surface area contributed by atoms with Crippen LogP contribution in [-0.2, 0) is 0 Å². The van der Waals surface area contributed by atoms with Gasteiger partial charge in [-0.1, -0.05) is 12.1 Å². The lowest BCUT2D eigenvalue weighted by molar-refractivity contribution is 0.169. The Kier molecular flexibility index (Phi) is 4.11. The van der Waals surface area contributed by atoms with Gasteiger partial charge in [-0.2, -0.15) is 0 Å². The van der Waals surface area contributed by atoms with Crippen LogP contribution in [0.5, 0.6) is 0 Å². The molecule has 1 fully saturated rings. The second-order valence-electron chi connectivity index (χ2n) is 5.73. The summed E-state index contributed by atoms with van der Waals surface area (Å²) in [5.74, 6) is -0.168. The molecule has 3 nitrogen and oxygen atoms in total. The molecule has 1 aliphatic heterocycles. The SMILES string of the molecule is CC1CN(c2c(F)cccc2[C@@H](C)N)CC(C)N1C. The third-order valence-corrected chi connectivity index (χ3v) is 4.18. The van der Waals surface area contributed by atoms with E-state index in [0.717, 1.165) is 18.7 Å². The molecular formula is C15H24FN3. The van der Waals surface area contributed by atoms with Crippen LogP contribution in [0.1, 0.15) is 32.4 Å². The predicted octanol–water partition coefficient (Wildman–Crippen LogP) is 2.37. The van der Waals surface area contributed by atoms with Crippen LogP contribution in [0.25, 0.3) is 0 Å². The van der Waals surface area contributed by atoms with Crippen LogP contribution in [0.15, 0.2) is 18.2 Å². The zero-order valence-corrected chi connectivity index (χ0v) is 12.2. The summed E-state index contributed by atoms with van der Waals surface area (Å²) in [7, 11) is 2.13. The van der Waals surface area contributed by atoms with Crippen LogP contribution in [0.2, 0.25) is 0 Å². The Hall–Kier alpha value is -1.13. The first-order valence-corrected chi connectivity index (χ1v) is 6.92. The number of rotatable bonds is 2. The third-order valence-electron chi connectivity index (χ3n) is 4.18. The van der Waals surface area contributed by atoms with Gasteiger partial charge in [0, 0.05) is 31.2 Å². The molecule has 3 atom stereocenters. The van der Waals surface area contributed by atoms with E-state index < -0.39 is 0 Å². The minimum absolute atomic E-state index is 0.157. The number of para-hydroxylation sites is 1. The average molecular weight is 265 g/mol. The van der Waals surface area contributed by atoms with Gasteiger partial charge in [0.05, 0.1) is 5.69 Å². The van der Waals surface area contributed by atoms with Gasteiger partial charge < -0.3 is 10.6 Å². The van der Waals surface area contributed by atoms with Crippen LogP contribution in [0, 0.1) is 5.82 Å². The number of nitrogens with two attached hydrogens (primary N) is 1. The molecule has 2 rings (SSSR count). The fourth-order valence-corrected chi connectivity index (χ4v) is 2.82. The second-order valence-corrected chi connectivity index (χ2v) is 5.73. The zero-order valence-electron chi connectivity index (χ0n) is 12.2. The number of likely N-dealkylation sites (N-methyl/N-ethyl adjacent to an activating group) is 1. The molecular weight excluding hydrogens is 241 g/mol. The molecule has 0 bridgehead atoms. The Bertz CT molecular complexity index is 435. The average Bonchev–Trinajstić information content (AvgIpc) is 2.35. The van der Waals surface area contributed by atoms with Crippen molar-refractivity contribution >= 4 is 5.69 Å². The minimum atomic E-state index is -0.168. The van der Waals surface area contributed by atoms with E-state index in [-0.39, 0.29) is 11.9 Å². The number of hydrogen-bond acceptors (Lipinski definition) is 3. The van der Waals surface area contributed by atoms with Crippen molar-refractivity contribution < 1.29 is 4.39 Å². The van der Waals surface area contributed by atoms with Crippen molar-refractivity contribution in [3.8, 4) is 0 Å². The van der Waals surface area contributed by atoms with E-state index in [1.54, 1.807) is 6.07 Å². The van der Waals surface area contributed by atoms with Gasteiger partial charge in [-0.3, -0.25) is 4.90 Å². The molecule has 1 saturated heterocycles. The lowest BCUT2D eigenvalue weighted by atomic mass is 10.0. The second kappa shape index (κ2) is 5.47. The molecule has 0 amide bonds. The molecule has 19 heavy (non-hydrogen) atoms. The molecule has 0 spiro atoms. The Morgan fingerprint density at radius 3 is 2.37 bits per heavy atom. The Morgan fingerprint density at radius 1 is 1.26 bits per heavy atom. The van der Waals surface area contributed by atoms with Gasteiger partial charge in [0.1, 0.15) is 5.82 Å². The lowest BCUT2D eigenvalue weighted by Gasteiger charge is -2.44. The topological polar surface area (TPSA) is 32.5 Å². The molecule has 0 saturated carbocycles. The molecule has 1 aromatic carbocycles. The summed E-state index contributed by atoms with van der Waals surface area (Å²) in [5.41, 5.74) is 7.56. The van der Waals surface area contributed by atoms with Crippen molar-refractivity contribution in [2.75, 3.05) is 25.0 Å². The van der Waals surface area contributed by atoms with E-state index >= 15 is 0 Å². The number of benzene rings is 1.